The number of nitrogens with zero attached hydrogens (tertiary/aromatic N) is 1. The lowest BCUT2D eigenvalue weighted by Crippen LogP contribution is -2.69. The van der Waals surface area contributed by atoms with E-state index in [0.717, 1.165) is 37.0 Å². The van der Waals surface area contributed by atoms with Gasteiger partial charge in [-0.3, -0.25) is 9.59 Å². The first-order chi connectivity index (χ1) is 10.6. The maximum Gasteiger partial charge on any atom is 0.316 e. The Kier molecular flexibility index (Phi) is 2.77. The first-order valence-corrected chi connectivity index (χ1v) is 7.85. The molecule has 1 aromatic rings. The Hall–Kier alpha value is -2.04. The number of aliphatic carboxylic acids is 1. The number of piperidine rings is 1. The zero-order valence-electron chi connectivity index (χ0n) is 12.5. The molecule has 22 heavy (non-hydrogen) atoms. The number of benzene rings is 1. The van der Waals surface area contributed by atoms with Gasteiger partial charge in [-0.15, -0.1) is 0 Å². The molecule has 0 spiro atoms. The average molecular weight is 301 g/mol. The minimum absolute atomic E-state index is 0.0555. The molecule has 0 aromatic heterocycles. The molecule has 5 nitrogen and oxygen atoms in total. The molecule has 1 aliphatic carbocycles. The topological polar surface area (TPSA) is 66.8 Å². The maximum atomic E-state index is 12.7. The Morgan fingerprint density at radius 2 is 2.14 bits per heavy atom. The zero-order chi connectivity index (χ0) is 15.5. The fourth-order valence-corrected chi connectivity index (χ4v) is 4.70. The van der Waals surface area contributed by atoms with Crippen molar-refractivity contribution in [3.8, 4) is 5.75 Å². The van der Waals surface area contributed by atoms with E-state index in [-0.39, 0.29) is 17.7 Å². The first kappa shape index (κ1) is 13.6. The molecule has 0 radical (unpaired) electrons. The van der Waals surface area contributed by atoms with E-state index < -0.39 is 17.6 Å². The SMILES string of the molecule is CN1C(=O)[C@@H](C(=O)O)[C@@H]2c3ccccc3O[C@]13CCCC[C@H]23. The van der Waals surface area contributed by atoms with Crippen LogP contribution in [0.3, 0.4) is 0 Å². The molecule has 2 bridgehead atoms. The van der Waals surface area contributed by atoms with Crippen molar-refractivity contribution >= 4 is 11.9 Å². The molecule has 5 heteroatoms. The van der Waals surface area contributed by atoms with Crippen molar-refractivity contribution in [2.45, 2.75) is 37.3 Å². The van der Waals surface area contributed by atoms with Crippen molar-refractivity contribution < 1.29 is 19.4 Å². The highest BCUT2D eigenvalue weighted by Crippen LogP contribution is 2.58. The van der Waals surface area contributed by atoms with Gasteiger partial charge in [0.25, 0.3) is 0 Å². The van der Waals surface area contributed by atoms with Crippen LogP contribution in [-0.2, 0) is 9.59 Å². The average Bonchev–Trinajstić information content (AvgIpc) is 2.52. The number of hydrogen-bond donors (Lipinski definition) is 1. The molecule has 1 saturated carbocycles. The Morgan fingerprint density at radius 1 is 1.36 bits per heavy atom. The van der Waals surface area contributed by atoms with Crippen LogP contribution in [0.4, 0.5) is 0 Å². The van der Waals surface area contributed by atoms with Crippen LogP contribution in [0, 0.1) is 11.8 Å². The Morgan fingerprint density at radius 3 is 2.91 bits per heavy atom. The van der Waals surface area contributed by atoms with Gasteiger partial charge >= 0.3 is 5.97 Å². The molecular weight excluding hydrogens is 282 g/mol. The second kappa shape index (κ2) is 4.48. The Balaban J connectivity index is 1.96. The van der Waals surface area contributed by atoms with Gasteiger partial charge < -0.3 is 14.7 Å². The molecule has 1 saturated heterocycles. The lowest BCUT2D eigenvalue weighted by molar-refractivity contribution is -0.204. The summed E-state index contributed by atoms with van der Waals surface area (Å²) in [6, 6.07) is 7.58. The molecule has 2 fully saturated rings. The van der Waals surface area contributed by atoms with Crippen LogP contribution >= 0.6 is 0 Å². The van der Waals surface area contributed by atoms with Gasteiger partial charge in [0.05, 0.1) is 0 Å². The molecule has 1 amide bonds. The number of rotatable bonds is 1. The summed E-state index contributed by atoms with van der Waals surface area (Å²) in [5, 5.41) is 9.66. The highest BCUT2D eigenvalue weighted by Gasteiger charge is 2.63. The predicted molar refractivity (Wildman–Crippen MR) is 78.4 cm³/mol. The van der Waals surface area contributed by atoms with Crippen molar-refractivity contribution in [3.05, 3.63) is 29.8 Å². The van der Waals surface area contributed by atoms with Crippen molar-refractivity contribution in [1.29, 1.82) is 0 Å². The fraction of sp³-hybridized carbons (Fsp3) is 0.529. The summed E-state index contributed by atoms with van der Waals surface area (Å²) < 4.78 is 6.32. The summed E-state index contributed by atoms with van der Waals surface area (Å²) in [6.45, 7) is 0. The maximum absolute atomic E-state index is 12.7. The number of para-hydroxylation sites is 1. The number of carboxylic acid groups (broad SMARTS) is 1. The lowest BCUT2D eigenvalue weighted by atomic mass is 9.61. The highest BCUT2D eigenvalue weighted by molar-refractivity contribution is 5.99. The Bertz CT molecular complexity index is 658. The third-order valence-corrected chi connectivity index (χ3v) is 5.67. The summed E-state index contributed by atoms with van der Waals surface area (Å²) in [4.78, 5) is 26.1. The number of amides is 1. The minimum atomic E-state index is -1.03. The van der Waals surface area contributed by atoms with Crippen LogP contribution in [0.1, 0.15) is 37.2 Å². The number of carbonyl (C=O) groups is 2. The minimum Gasteiger partial charge on any atom is -0.481 e. The third-order valence-electron chi connectivity index (χ3n) is 5.67. The van der Waals surface area contributed by atoms with Crippen molar-refractivity contribution in [3.63, 3.8) is 0 Å². The van der Waals surface area contributed by atoms with Gasteiger partial charge in [-0.2, -0.15) is 0 Å². The van der Waals surface area contributed by atoms with Gasteiger partial charge in [0.2, 0.25) is 5.91 Å². The summed E-state index contributed by atoms with van der Waals surface area (Å²) in [5.41, 5.74) is 0.208. The van der Waals surface area contributed by atoms with Crippen molar-refractivity contribution in [1.82, 2.24) is 4.90 Å². The third kappa shape index (κ3) is 1.54. The van der Waals surface area contributed by atoms with E-state index in [0.29, 0.717) is 0 Å². The van der Waals surface area contributed by atoms with Crippen LogP contribution < -0.4 is 4.74 Å². The summed E-state index contributed by atoms with van der Waals surface area (Å²) in [5.74, 6) is -1.86. The second-order valence-corrected chi connectivity index (χ2v) is 6.58. The molecule has 1 aromatic carbocycles. The molecule has 4 rings (SSSR count). The van der Waals surface area contributed by atoms with E-state index in [1.54, 1.807) is 11.9 Å². The van der Waals surface area contributed by atoms with E-state index in [1.165, 1.54) is 0 Å². The van der Waals surface area contributed by atoms with E-state index >= 15 is 0 Å². The number of likely N-dealkylation sites (tertiary alicyclic amines) is 1. The molecule has 0 unspecified atom stereocenters. The van der Waals surface area contributed by atoms with Crippen LogP contribution in [0.15, 0.2) is 24.3 Å². The molecule has 4 atom stereocenters. The smallest absolute Gasteiger partial charge is 0.316 e. The first-order valence-electron chi connectivity index (χ1n) is 7.85. The molecule has 2 heterocycles. The molecular formula is C17H19NO4. The summed E-state index contributed by atoms with van der Waals surface area (Å²) >= 11 is 0. The van der Waals surface area contributed by atoms with Gasteiger partial charge in [0.15, 0.2) is 5.72 Å². The van der Waals surface area contributed by atoms with Gasteiger partial charge in [0.1, 0.15) is 11.7 Å². The second-order valence-electron chi connectivity index (χ2n) is 6.58. The van der Waals surface area contributed by atoms with Crippen molar-refractivity contribution in [2.24, 2.45) is 11.8 Å². The number of ether oxygens (including phenoxy) is 1. The number of carbonyl (C=O) groups excluding carboxylic acids is 1. The van der Waals surface area contributed by atoms with Gasteiger partial charge in [-0.1, -0.05) is 24.6 Å². The zero-order valence-corrected chi connectivity index (χ0v) is 12.5. The molecule has 116 valence electrons. The standard InChI is InChI=1S/C17H19NO4/c1-18-15(19)14(16(20)21)13-10-6-2-3-8-12(10)22-17(18)9-5-4-7-11(13)17/h2-3,6,8,11,13-14H,4-5,7,9H2,1H3,(H,20,21)/t11-,13-,14+,17+/m1/s1. The number of carboxylic acids is 1. The molecule has 2 aliphatic heterocycles. The van der Waals surface area contributed by atoms with E-state index in [9.17, 15) is 14.7 Å². The molecule has 3 aliphatic rings. The molecule has 1 N–H and O–H groups in total. The summed E-state index contributed by atoms with van der Waals surface area (Å²) in [7, 11) is 1.70. The van der Waals surface area contributed by atoms with E-state index in [1.807, 2.05) is 24.3 Å². The van der Waals surface area contributed by atoms with Gasteiger partial charge in [-0.25, -0.2) is 0 Å². The lowest BCUT2D eigenvalue weighted by Gasteiger charge is -2.59. The normalized spacial score (nSPS) is 36.1. The quantitative estimate of drug-likeness (QED) is 0.808. The number of fused-ring (bicyclic) bond motifs is 2. The largest absolute Gasteiger partial charge is 0.481 e. The van der Waals surface area contributed by atoms with Crippen LogP contribution in [-0.4, -0.2) is 34.7 Å². The van der Waals surface area contributed by atoms with E-state index in [4.69, 9.17) is 4.74 Å². The van der Waals surface area contributed by atoms with E-state index in [2.05, 4.69) is 0 Å². The van der Waals surface area contributed by atoms with Crippen LogP contribution in [0.2, 0.25) is 0 Å². The number of hydrogen-bond acceptors (Lipinski definition) is 3. The van der Waals surface area contributed by atoms with Crippen LogP contribution in [0.25, 0.3) is 0 Å². The van der Waals surface area contributed by atoms with Gasteiger partial charge in [0, 0.05) is 25.3 Å². The summed E-state index contributed by atoms with van der Waals surface area (Å²) in [6.07, 6.45) is 3.74. The van der Waals surface area contributed by atoms with Gasteiger partial charge in [-0.05, 0) is 24.5 Å². The Labute approximate surface area is 128 Å². The fourth-order valence-electron chi connectivity index (χ4n) is 4.70. The van der Waals surface area contributed by atoms with Crippen LogP contribution in [0.5, 0.6) is 5.75 Å². The highest BCUT2D eigenvalue weighted by atomic mass is 16.5. The monoisotopic (exact) mass is 301 g/mol. The van der Waals surface area contributed by atoms with Crippen molar-refractivity contribution in [2.75, 3.05) is 7.05 Å². The predicted octanol–water partition coefficient (Wildman–Crippen LogP) is 2.22.